The van der Waals surface area contributed by atoms with E-state index < -0.39 is 0 Å². The summed E-state index contributed by atoms with van der Waals surface area (Å²) in [6.07, 6.45) is 9.41. The van der Waals surface area contributed by atoms with Crippen molar-refractivity contribution in [2.45, 2.75) is 57.5 Å². The van der Waals surface area contributed by atoms with E-state index in [1.165, 1.54) is 32.1 Å². The average Bonchev–Trinajstić information content (AvgIpc) is 2.56. The van der Waals surface area contributed by atoms with Crippen molar-refractivity contribution in [2.24, 2.45) is 5.41 Å². The average molecular weight is 312 g/mol. The van der Waals surface area contributed by atoms with Gasteiger partial charge in [0.2, 0.25) is 5.91 Å². The van der Waals surface area contributed by atoms with Crippen molar-refractivity contribution in [3.63, 3.8) is 0 Å². The second kappa shape index (κ2) is 9.48. The van der Waals surface area contributed by atoms with E-state index in [1.807, 2.05) is 0 Å². The van der Waals surface area contributed by atoms with Gasteiger partial charge in [0.05, 0.1) is 18.1 Å². The number of carbonyl (C=O) groups excluding carboxylic acids is 1. The second-order valence-corrected chi connectivity index (χ2v) is 6.70. The van der Waals surface area contributed by atoms with E-state index in [0.717, 1.165) is 39.0 Å². The van der Waals surface area contributed by atoms with Crippen LogP contribution in [0, 0.1) is 5.41 Å². The summed E-state index contributed by atoms with van der Waals surface area (Å²) >= 11 is 0. The topological polar surface area (TPSA) is 59.6 Å². The molecule has 0 bridgehead atoms. The van der Waals surface area contributed by atoms with Crippen LogP contribution in [0.2, 0.25) is 0 Å². The first-order chi connectivity index (χ1) is 10.8. The number of rotatable bonds is 8. The molecule has 1 saturated heterocycles. The maximum Gasteiger partial charge on any atom is 0.228 e. The Kier molecular flexibility index (Phi) is 7.63. The maximum atomic E-state index is 12.5. The van der Waals surface area contributed by atoms with Crippen molar-refractivity contribution >= 4 is 5.91 Å². The molecule has 2 rings (SSSR count). The Bertz CT molecular complexity index is 318. The van der Waals surface area contributed by atoms with E-state index in [9.17, 15) is 4.79 Å². The van der Waals surface area contributed by atoms with Crippen LogP contribution in [-0.2, 0) is 14.3 Å². The normalized spacial score (nSPS) is 22.4. The molecule has 0 aromatic carbocycles. The van der Waals surface area contributed by atoms with Crippen LogP contribution in [0.4, 0.5) is 0 Å². The monoisotopic (exact) mass is 312 g/mol. The first-order valence-electron chi connectivity index (χ1n) is 8.86. The molecule has 2 fully saturated rings. The molecule has 1 aliphatic carbocycles. The summed E-state index contributed by atoms with van der Waals surface area (Å²) in [5.41, 5.74) is -0.343. The Morgan fingerprint density at radius 1 is 1.23 bits per heavy atom. The lowest BCUT2D eigenvalue weighted by atomic mass is 9.78. The molecule has 5 heteroatoms. The van der Waals surface area contributed by atoms with Crippen LogP contribution in [0.3, 0.4) is 0 Å². The Morgan fingerprint density at radius 3 is 2.64 bits per heavy atom. The van der Waals surface area contributed by atoms with Gasteiger partial charge in [0.1, 0.15) is 0 Å². The second-order valence-electron chi connectivity index (χ2n) is 6.70. The van der Waals surface area contributed by atoms with Crippen molar-refractivity contribution in [3.8, 4) is 0 Å². The third kappa shape index (κ3) is 5.21. The highest BCUT2D eigenvalue weighted by Gasteiger charge is 2.39. The van der Waals surface area contributed by atoms with Gasteiger partial charge in [-0.3, -0.25) is 4.79 Å². The molecular formula is C17H32N2O3. The summed E-state index contributed by atoms with van der Waals surface area (Å²) in [5.74, 6) is 0.147. The summed E-state index contributed by atoms with van der Waals surface area (Å²) in [6, 6.07) is 0. The van der Waals surface area contributed by atoms with Gasteiger partial charge in [0.25, 0.3) is 0 Å². The van der Waals surface area contributed by atoms with E-state index in [0.29, 0.717) is 19.3 Å². The molecule has 0 radical (unpaired) electrons. The van der Waals surface area contributed by atoms with Crippen molar-refractivity contribution < 1.29 is 14.3 Å². The smallest absolute Gasteiger partial charge is 0.228 e. The summed E-state index contributed by atoms with van der Waals surface area (Å²) < 4.78 is 11.2. The number of hydrogen-bond acceptors (Lipinski definition) is 4. The Balaban J connectivity index is 1.63. The molecule has 1 heterocycles. The fourth-order valence-electron chi connectivity index (χ4n) is 3.56. The van der Waals surface area contributed by atoms with Gasteiger partial charge in [-0.25, -0.2) is 0 Å². The molecular weight excluding hydrogens is 280 g/mol. The van der Waals surface area contributed by atoms with Crippen LogP contribution in [-0.4, -0.2) is 52.0 Å². The highest BCUT2D eigenvalue weighted by molar-refractivity contribution is 5.82. The molecule has 128 valence electrons. The lowest BCUT2D eigenvalue weighted by Crippen LogP contribution is -2.50. The standard InChI is InChI=1S/C17H32N2O3/c1-21-14-17(8-11-18-12-9-17)16(20)19-10-5-13-22-15-6-3-2-4-7-15/h15,18H,2-14H2,1H3,(H,19,20). The molecule has 0 aromatic heterocycles. The van der Waals surface area contributed by atoms with Gasteiger partial charge in [0.15, 0.2) is 0 Å². The highest BCUT2D eigenvalue weighted by Crippen LogP contribution is 2.29. The van der Waals surface area contributed by atoms with Crippen LogP contribution in [0.1, 0.15) is 51.4 Å². The minimum Gasteiger partial charge on any atom is -0.384 e. The fourth-order valence-corrected chi connectivity index (χ4v) is 3.56. The van der Waals surface area contributed by atoms with E-state index in [4.69, 9.17) is 9.47 Å². The van der Waals surface area contributed by atoms with E-state index in [2.05, 4.69) is 10.6 Å². The number of hydrogen-bond donors (Lipinski definition) is 2. The van der Waals surface area contributed by atoms with Gasteiger partial charge in [0, 0.05) is 20.3 Å². The van der Waals surface area contributed by atoms with Crippen molar-refractivity contribution in [3.05, 3.63) is 0 Å². The predicted molar refractivity (Wildman–Crippen MR) is 86.9 cm³/mol. The van der Waals surface area contributed by atoms with Gasteiger partial charge in [-0.1, -0.05) is 19.3 Å². The predicted octanol–water partition coefficient (Wildman–Crippen LogP) is 1.86. The van der Waals surface area contributed by atoms with Crippen LogP contribution in [0.5, 0.6) is 0 Å². The fraction of sp³-hybridized carbons (Fsp3) is 0.941. The number of nitrogens with one attached hydrogen (secondary N) is 2. The lowest BCUT2D eigenvalue weighted by molar-refractivity contribution is -0.136. The van der Waals surface area contributed by atoms with Crippen LogP contribution >= 0.6 is 0 Å². The maximum absolute atomic E-state index is 12.5. The van der Waals surface area contributed by atoms with Gasteiger partial charge in [-0.05, 0) is 45.2 Å². The Hall–Kier alpha value is -0.650. The zero-order valence-corrected chi connectivity index (χ0v) is 14.0. The number of amides is 1. The number of ether oxygens (including phenoxy) is 2. The molecule has 2 N–H and O–H groups in total. The Labute approximate surface area is 134 Å². The van der Waals surface area contributed by atoms with Gasteiger partial charge >= 0.3 is 0 Å². The van der Waals surface area contributed by atoms with Crippen molar-refractivity contribution in [1.82, 2.24) is 10.6 Å². The van der Waals surface area contributed by atoms with E-state index in [1.54, 1.807) is 7.11 Å². The molecule has 0 atom stereocenters. The SMILES string of the molecule is COCC1(C(=O)NCCCOC2CCCCC2)CCNCC1. The first kappa shape index (κ1) is 17.7. The third-order valence-electron chi connectivity index (χ3n) is 4.98. The van der Waals surface area contributed by atoms with Crippen LogP contribution in [0.15, 0.2) is 0 Å². The van der Waals surface area contributed by atoms with Gasteiger partial charge in [-0.2, -0.15) is 0 Å². The molecule has 1 amide bonds. The summed E-state index contributed by atoms with van der Waals surface area (Å²) in [7, 11) is 1.68. The minimum absolute atomic E-state index is 0.147. The molecule has 1 saturated carbocycles. The van der Waals surface area contributed by atoms with Gasteiger partial charge < -0.3 is 20.1 Å². The van der Waals surface area contributed by atoms with E-state index in [-0.39, 0.29) is 11.3 Å². The molecule has 0 spiro atoms. The third-order valence-corrected chi connectivity index (χ3v) is 4.98. The summed E-state index contributed by atoms with van der Waals surface area (Å²) in [6.45, 7) is 3.75. The van der Waals surface area contributed by atoms with Gasteiger partial charge in [-0.15, -0.1) is 0 Å². The largest absolute Gasteiger partial charge is 0.384 e. The highest BCUT2D eigenvalue weighted by atomic mass is 16.5. The molecule has 22 heavy (non-hydrogen) atoms. The molecule has 0 unspecified atom stereocenters. The Morgan fingerprint density at radius 2 is 1.95 bits per heavy atom. The molecule has 5 nitrogen and oxygen atoms in total. The van der Waals surface area contributed by atoms with Crippen LogP contribution < -0.4 is 10.6 Å². The molecule has 1 aliphatic heterocycles. The summed E-state index contributed by atoms with van der Waals surface area (Å²) in [5, 5.41) is 6.40. The number of carbonyl (C=O) groups is 1. The lowest BCUT2D eigenvalue weighted by Gasteiger charge is -2.35. The first-order valence-corrected chi connectivity index (χ1v) is 8.86. The zero-order valence-electron chi connectivity index (χ0n) is 14.0. The quantitative estimate of drug-likeness (QED) is 0.672. The van der Waals surface area contributed by atoms with Crippen molar-refractivity contribution in [2.75, 3.05) is 40.0 Å². The van der Waals surface area contributed by atoms with E-state index >= 15 is 0 Å². The zero-order chi connectivity index (χ0) is 15.7. The van der Waals surface area contributed by atoms with Crippen molar-refractivity contribution in [1.29, 1.82) is 0 Å². The van der Waals surface area contributed by atoms with Crippen LogP contribution in [0.25, 0.3) is 0 Å². The number of piperidine rings is 1. The summed E-state index contributed by atoms with van der Waals surface area (Å²) in [4.78, 5) is 12.5. The molecule has 0 aromatic rings. The number of methoxy groups -OCH3 is 1. The minimum atomic E-state index is -0.343. The molecule has 2 aliphatic rings.